The molecular formula is C29H28ClN3O5S. The first-order valence-corrected chi connectivity index (χ1v) is 14.5. The van der Waals surface area contributed by atoms with Crippen LogP contribution in [0, 0.1) is 5.92 Å². The summed E-state index contributed by atoms with van der Waals surface area (Å²) < 4.78 is 33.7. The summed E-state index contributed by atoms with van der Waals surface area (Å²) in [5.74, 6) is -0.329. The van der Waals surface area contributed by atoms with Crippen molar-refractivity contribution in [1.82, 2.24) is 4.31 Å². The number of piperidine rings is 1. The Hall–Kier alpha value is -3.66. The van der Waals surface area contributed by atoms with Gasteiger partial charge in [0, 0.05) is 34.7 Å². The molecule has 2 heterocycles. The first-order chi connectivity index (χ1) is 18.7. The van der Waals surface area contributed by atoms with E-state index >= 15 is 0 Å². The van der Waals surface area contributed by atoms with Gasteiger partial charge in [0.25, 0.3) is 5.91 Å². The lowest BCUT2D eigenvalue weighted by molar-refractivity contribution is 0.0990. The smallest absolute Gasteiger partial charge is 0.293 e. The lowest BCUT2D eigenvalue weighted by atomic mass is 10.0. The number of nitrogens with one attached hydrogen (secondary N) is 2. The molecule has 1 fully saturated rings. The number of fused-ring (bicyclic) bond motifs is 1. The predicted octanol–water partition coefficient (Wildman–Crippen LogP) is 6.05. The van der Waals surface area contributed by atoms with Crippen LogP contribution in [0.4, 0.5) is 11.4 Å². The summed E-state index contributed by atoms with van der Waals surface area (Å²) in [6, 6.07) is 19.9. The first kappa shape index (κ1) is 26.9. The zero-order valence-corrected chi connectivity index (χ0v) is 22.9. The van der Waals surface area contributed by atoms with Crippen LogP contribution in [0.25, 0.3) is 11.0 Å². The highest BCUT2D eigenvalue weighted by atomic mass is 35.5. The lowest BCUT2D eigenvalue weighted by Crippen LogP contribution is -2.37. The Balaban J connectivity index is 1.36. The average molecular weight is 566 g/mol. The van der Waals surface area contributed by atoms with Gasteiger partial charge in [-0.25, -0.2) is 8.42 Å². The molecule has 0 saturated carbocycles. The van der Waals surface area contributed by atoms with E-state index in [0.29, 0.717) is 46.4 Å². The molecule has 5 rings (SSSR count). The van der Waals surface area contributed by atoms with Crippen molar-refractivity contribution in [1.29, 1.82) is 0 Å². The number of rotatable bonds is 8. The van der Waals surface area contributed by atoms with Crippen molar-refractivity contribution < 1.29 is 22.4 Å². The minimum atomic E-state index is -3.70. The molecule has 4 aromatic rings. The summed E-state index contributed by atoms with van der Waals surface area (Å²) in [5, 5.41) is 6.92. The fourth-order valence-electron chi connectivity index (χ4n) is 4.61. The minimum absolute atomic E-state index is 0.0135. The number of para-hydroxylation sites is 1. The minimum Gasteiger partial charge on any atom is -0.449 e. The van der Waals surface area contributed by atoms with E-state index in [-0.39, 0.29) is 28.5 Å². The fourth-order valence-corrected chi connectivity index (χ4v) is 6.32. The maximum Gasteiger partial charge on any atom is 0.293 e. The molecule has 39 heavy (non-hydrogen) atoms. The fraction of sp³-hybridized carbons (Fsp3) is 0.241. The quantitative estimate of drug-likeness (QED) is 0.252. The Kier molecular flexibility index (Phi) is 7.74. The van der Waals surface area contributed by atoms with Crippen LogP contribution in [0.5, 0.6) is 0 Å². The summed E-state index contributed by atoms with van der Waals surface area (Å²) in [4.78, 5) is 26.4. The number of carbonyl (C=O) groups excluding carboxylic acids is 2. The van der Waals surface area contributed by atoms with E-state index in [1.54, 1.807) is 60.7 Å². The molecular weight excluding hydrogens is 538 g/mol. The van der Waals surface area contributed by atoms with Crippen LogP contribution in [-0.2, 0) is 10.0 Å². The zero-order valence-electron chi connectivity index (χ0n) is 21.3. The molecule has 3 aromatic carbocycles. The molecule has 0 aliphatic carbocycles. The average Bonchev–Trinajstić information content (AvgIpc) is 3.31. The molecule has 0 radical (unpaired) electrons. The second-order valence-electron chi connectivity index (χ2n) is 9.66. The van der Waals surface area contributed by atoms with Crippen LogP contribution in [0.1, 0.15) is 40.7 Å². The highest BCUT2D eigenvalue weighted by molar-refractivity contribution is 7.89. The molecule has 10 heteroatoms. The van der Waals surface area contributed by atoms with Gasteiger partial charge in [0.1, 0.15) is 5.58 Å². The number of hydrogen-bond donors (Lipinski definition) is 2. The van der Waals surface area contributed by atoms with Crippen molar-refractivity contribution in [3.05, 3.63) is 89.1 Å². The van der Waals surface area contributed by atoms with Gasteiger partial charge >= 0.3 is 0 Å². The van der Waals surface area contributed by atoms with Crippen molar-refractivity contribution in [3.8, 4) is 0 Å². The Morgan fingerprint density at radius 1 is 1.00 bits per heavy atom. The second kappa shape index (κ2) is 11.2. The van der Waals surface area contributed by atoms with Crippen LogP contribution in [-0.4, -0.2) is 44.0 Å². The number of hydrogen-bond acceptors (Lipinski definition) is 6. The molecule has 2 N–H and O–H groups in total. The summed E-state index contributed by atoms with van der Waals surface area (Å²) >= 11 is 6.04. The second-order valence-corrected chi connectivity index (χ2v) is 12.0. The van der Waals surface area contributed by atoms with Gasteiger partial charge in [0.05, 0.1) is 17.1 Å². The molecule has 1 aliphatic rings. The van der Waals surface area contributed by atoms with Gasteiger partial charge in [-0.2, -0.15) is 4.31 Å². The van der Waals surface area contributed by atoms with Gasteiger partial charge in [-0.1, -0.05) is 48.9 Å². The number of benzene rings is 3. The highest BCUT2D eigenvalue weighted by Gasteiger charge is 2.29. The van der Waals surface area contributed by atoms with Crippen molar-refractivity contribution in [2.24, 2.45) is 5.92 Å². The predicted molar refractivity (Wildman–Crippen MR) is 152 cm³/mol. The SMILES string of the molecule is CC1CCN(S(=O)(=O)c2cccc(C(=O)CNc3c(C(=O)Nc4cccc(Cl)c4)oc4ccccc34)c2)CC1. The largest absolute Gasteiger partial charge is 0.449 e. The van der Waals surface area contributed by atoms with Gasteiger partial charge < -0.3 is 15.1 Å². The van der Waals surface area contributed by atoms with E-state index in [0.717, 1.165) is 12.8 Å². The Labute approximate surface area is 232 Å². The van der Waals surface area contributed by atoms with E-state index in [2.05, 4.69) is 17.6 Å². The number of ketones is 1. The van der Waals surface area contributed by atoms with Gasteiger partial charge in [-0.15, -0.1) is 0 Å². The Morgan fingerprint density at radius 3 is 2.51 bits per heavy atom. The maximum atomic E-state index is 13.2. The van der Waals surface area contributed by atoms with Gasteiger partial charge in [-0.3, -0.25) is 9.59 Å². The molecule has 0 bridgehead atoms. The number of anilines is 2. The van der Waals surface area contributed by atoms with Crippen molar-refractivity contribution in [3.63, 3.8) is 0 Å². The number of carbonyl (C=O) groups is 2. The molecule has 0 atom stereocenters. The van der Waals surface area contributed by atoms with E-state index in [9.17, 15) is 18.0 Å². The van der Waals surface area contributed by atoms with Gasteiger partial charge in [-0.05, 0) is 61.2 Å². The Bertz CT molecular complexity index is 1640. The Morgan fingerprint density at radius 2 is 1.74 bits per heavy atom. The molecule has 1 saturated heterocycles. The normalized spacial score (nSPS) is 14.8. The van der Waals surface area contributed by atoms with Gasteiger partial charge in [0.15, 0.2) is 5.78 Å². The molecule has 0 unspecified atom stereocenters. The standard InChI is InChI=1S/C29H28ClN3O5S/c1-19-12-14-33(15-13-19)39(36,37)23-9-4-6-20(16-23)25(34)18-31-27-24-10-2-3-11-26(24)38-28(27)29(35)32-22-8-5-7-21(30)17-22/h2-11,16-17,19,31H,12-15,18H2,1H3,(H,32,35). The van der Waals surface area contributed by atoms with Crippen LogP contribution < -0.4 is 10.6 Å². The first-order valence-electron chi connectivity index (χ1n) is 12.7. The summed E-state index contributed by atoms with van der Waals surface area (Å²) in [6.45, 7) is 2.88. The van der Waals surface area contributed by atoms with Crippen molar-refractivity contribution >= 4 is 55.7 Å². The monoisotopic (exact) mass is 565 g/mol. The molecule has 8 nitrogen and oxygen atoms in total. The lowest BCUT2D eigenvalue weighted by Gasteiger charge is -2.29. The number of Topliss-reactive ketones (excluding diaryl/α,β-unsaturated/α-hetero) is 1. The summed E-state index contributed by atoms with van der Waals surface area (Å²) in [6.07, 6.45) is 1.63. The number of halogens is 1. The van der Waals surface area contributed by atoms with Crippen molar-refractivity contribution in [2.45, 2.75) is 24.7 Å². The van der Waals surface area contributed by atoms with Crippen LogP contribution in [0.2, 0.25) is 5.02 Å². The number of nitrogens with zero attached hydrogens (tertiary/aromatic N) is 1. The van der Waals surface area contributed by atoms with E-state index in [4.69, 9.17) is 16.0 Å². The van der Waals surface area contributed by atoms with Crippen molar-refractivity contribution in [2.75, 3.05) is 30.3 Å². The van der Waals surface area contributed by atoms with Crippen LogP contribution in [0.3, 0.4) is 0 Å². The molecule has 0 spiro atoms. The van der Waals surface area contributed by atoms with Crippen LogP contribution in [0.15, 0.2) is 82.1 Å². The molecule has 1 amide bonds. The number of amides is 1. The maximum absolute atomic E-state index is 13.2. The summed E-state index contributed by atoms with van der Waals surface area (Å²) in [5.41, 5.74) is 1.60. The van der Waals surface area contributed by atoms with E-state index in [1.165, 1.54) is 16.4 Å². The van der Waals surface area contributed by atoms with Crippen LogP contribution >= 0.6 is 11.6 Å². The molecule has 202 valence electrons. The summed E-state index contributed by atoms with van der Waals surface area (Å²) in [7, 11) is -3.70. The third kappa shape index (κ3) is 5.85. The molecule has 1 aliphatic heterocycles. The third-order valence-electron chi connectivity index (χ3n) is 6.85. The third-order valence-corrected chi connectivity index (χ3v) is 8.98. The zero-order chi connectivity index (χ0) is 27.6. The van der Waals surface area contributed by atoms with Gasteiger partial charge in [0.2, 0.25) is 15.8 Å². The number of sulfonamides is 1. The highest BCUT2D eigenvalue weighted by Crippen LogP contribution is 2.32. The van der Waals surface area contributed by atoms with E-state index < -0.39 is 15.9 Å². The molecule has 1 aromatic heterocycles. The topological polar surface area (TPSA) is 109 Å². The number of furan rings is 1. The van der Waals surface area contributed by atoms with E-state index in [1.807, 2.05) is 0 Å².